The maximum atomic E-state index is 2.30. The van der Waals surface area contributed by atoms with Crippen molar-refractivity contribution >= 4 is 0 Å². The minimum Gasteiger partial charge on any atom is -0.0683 e. The van der Waals surface area contributed by atoms with E-state index in [1.165, 1.54) is 33.4 Å². The van der Waals surface area contributed by atoms with Crippen molar-refractivity contribution in [1.82, 2.24) is 0 Å². The topological polar surface area (TPSA) is 0 Å². The van der Waals surface area contributed by atoms with Crippen LogP contribution < -0.4 is 0 Å². The maximum absolute atomic E-state index is 2.30. The van der Waals surface area contributed by atoms with Gasteiger partial charge in [0, 0.05) is 11.8 Å². The van der Waals surface area contributed by atoms with Crippen LogP contribution in [0.2, 0.25) is 0 Å². The highest BCUT2D eigenvalue weighted by atomic mass is 14.2. The molecular formula is C36H38. The molecule has 0 N–H and O–H groups in total. The summed E-state index contributed by atoms with van der Waals surface area (Å²) in [6.45, 7) is 8.00. The zero-order valence-electron chi connectivity index (χ0n) is 22.0. The van der Waals surface area contributed by atoms with E-state index in [0.29, 0.717) is 0 Å². The number of rotatable bonds is 6. The van der Waals surface area contributed by atoms with Gasteiger partial charge in [-0.2, -0.15) is 0 Å². The largest absolute Gasteiger partial charge is 0.0683 e. The first kappa shape index (κ1) is 26.7. The van der Waals surface area contributed by atoms with Gasteiger partial charge in [-0.3, -0.25) is 0 Å². The molecule has 0 nitrogen and oxygen atoms in total. The standard InChI is InChI=1S/C32H26.2C2H6/c1-5-13-25(14-6-1)31(26-15-7-2-8-16-26)29-21-23-30(24-22-29)32(27-17-9-3-10-18-27)28-19-11-4-12-20-28;2*1-2/h1-24,31-32H;2*1-2H3. The summed E-state index contributed by atoms with van der Waals surface area (Å²) in [6, 6.07) is 52.3. The SMILES string of the molecule is CC.CC.c1ccc(C(c2ccccc2)c2ccc(C(c3ccccc3)c3ccccc3)cc2)cc1. The zero-order chi connectivity index (χ0) is 25.6. The van der Waals surface area contributed by atoms with E-state index < -0.39 is 0 Å². The molecule has 182 valence electrons. The van der Waals surface area contributed by atoms with Crippen LogP contribution in [0.25, 0.3) is 0 Å². The van der Waals surface area contributed by atoms with Gasteiger partial charge >= 0.3 is 0 Å². The highest BCUT2D eigenvalue weighted by molar-refractivity contribution is 5.47. The second-order valence-corrected chi connectivity index (χ2v) is 8.18. The third-order valence-electron chi connectivity index (χ3n) is 6.13. The van der Waals surface area contributed by atoms with Crippen molar-refractivity contribution in [3.8, 4) is 0 Å². The Hall–Kier alpha value is -3.90. The van der Waals surface area contributed by atoms with Crippen LogP contribution in [0.1, 0.15) is 72.9 Å². The van der Waals surface area contributed by atoms with Crippen molar-refractivity contribution in [2.75, 3.05) is 0 Å². The molecule has 0 radical (unpaired) electrons. The molecule has 5 aromatic rings. The monoisotopic (exact) mass is 470 g/mol. The summed E-state index contributed by atoms with van der Waals surface area (Å²) in [7, 11) is 0. The average molecular weight is 471 g/mol. The molecule has 0 fully saturated rings. The van der Waals surface area contributed by atoms with Gasteiger partial charge in [-0.1, -0.05) is 173 Å². The summed E-state index contributed by atoms with van der Waals surface area (Å²) in [4.78, 5) is 0. The Morgan fingerprint density at radius 1 is 0.250 bits per heavy atom. The van der Waals surface area contributed by atoms with Gasteiger partial charge in [-0.05, 0) is 33.4 Å². The zero-order valence-corrected chi connectivity index (χ0v) is 22.0. The van der Waals surface area contributed by atoms with E-state index in [4.69, 9.17) is 0 Å². The number of hydrogen-bond donors (Lipinski definition) is 0. The lowest BCUT2D eigenvalue weighted by atomic mass is 9.82. The summed E-state index contributed by atoms with van der Waals surface area (Å²) >= 11 is 0. The molecule has 0 spiro atoms. The van der Waals surface area contributed by atoms with Gasteiger partial charge in [-0.15, -0.1) is 0 Å². The lowest BCUT2D eigenvalue weighted by Crippen LogP contribution is -2.06. The summed E-state index contributed by atoms with van der Waals surface area (Å²) in [5.41, 5.74) is 7.88. The van der Waals surface area contributed by atoms with Gasteiger partial charge in [0.05, 0.1) is 0 Å². The Bertz CT molecular complexity index is 1040. The van der Waals surface area contributed by atoms with E-state index >= 15 is 0 Å². The first-order valence-electron chi connectivity index (χ1n) is 13.2. The molecule has 0 amide bonds. The normalized spacial score (nSPS) is 10.2. The summed E-state index contributed by atoms with van der Waals surface area (Å²) in [6.07, 6.45) is 0. The van der Waals surface area contributed by atoms with Crippen LogP contribution in [0.15, 0.2) is 146 Å². The highest BCUT2D eigenvalue weighted by Crippen LogP contribution is 2.35. The van der Waals surface area contributed by atoms with E-state index in [1.807, 2.05) is 27.7 Å². The quantitative estimate of drug-likeness (QED) is 0.217. The average Bonchev–Trinajstić information content (AvgIpc) is 2.99. The Morgan fingerprint density at radius 3 is 0.611 bits per heavy atom. The first-order chi connectivity index (χ1) is 17.9. The molecule has 0 heteroatoms. The summed E-state index contributed by atoms with van der Waals surface area (Å²) in [5.74, 6) is 0.441. The molecule has 0 heterocycles. The molecule has 0 aliphatic rings. The Kier molecular flexibility index (Phi) is 10.7. The van der Waals surface area contributed by atoms with Crippen LogP contribution in [0.3, 0.4) is 0 Å². The highest BCUT2D eigenvalue weighted by Gasteiger charge is 2.19. The van der Waals surface area contributed by atoms with Gasteiger partial charge in [0.2, 0.25) is 0 Å². The summed E-state index contributed by atoms with van der Waals surface area (Å²) < 4.78 is 0. The van der Waals surface area contributed by atoms with Crippen LogP contribution in [0.4, 0.5) is 0 Å². The third kappa shape index (κ3) is 6.61. The van der Waals surface area contributed by atoms with Crippen molar-refractivity contribution in [3.63, 3.8) is 0 Å². The number of benzene rings is 5. The molecule has 0 atom stereocenters. The van der Waals surface area contributed by atoms with E-state index in [0.717, 1.165) is 0 Å². The van der Waals surface area contributed by atoms with Crippen molar-refractivity contribution in [2.45, 2.75) is 39.5 Å². The van der Waals surface area contributed by atoms with Gasteiger partial charge in [-0.25, -0.2) is 0 Å². The molecule has 0 aliphatic heterocycles. The molecule has 0 saturated heterocycles. The number of hydrogen-bond acceptors (Lipinski definition) is 0. The van der Waals surface area contributed by atoms with E-state index in [-0.39, 0.29) is 11.8 Å². The van der Waals surface area contributed by atoms with Crippen LogP contribution in [-0.2, 0) is 0 Å². The molecule has 0 unspecified atom stereocenters. The fourth-order valence-electron chi connectivity index (χ4n) is 4.62. The van der Waals surface area contributed by atoms with Crippen molar-refractivity contribution in [3.05, 3.63) is 179 Å². The fraction of sp³-hybridized carbons (Fsp3) is 0.167. The molecule has 36 heavy (non-hydrogen) atoms. The molecule has 5 rings (SSSR count). The van der Waals surface area contributed by atoms with Crippen molar-refractivity contribution in [2.24, 2.45) is 0 Å². The van der Waals surface area contributed by atoms with Crippen LogP contribution >= 0.6 is 0 Å². The molecular weight excluding hydrogens is 432 g/mol. The summed E-state index contributed by atoms with van der Waals surface area (Å²) in [5, 5.41) is 0. The molecule has 0 saturated carbocycles. The molecule has 5 aromatic carbocycles. The Labute approximate surface area is 218 Å². The van der Waals surface area contributed by atoms with Crippen molar-refractivity contribution in [1.29, 1.82) is 0 Å². The van der Waals surface area contributed by atoms with E-state index in [2.05, 4.69) is 146 Å². The fourth-order valence-corrected chi connectivity index (χ4v) is 4.62. The molecule has 0 aliphatic carbocycles. The Balaban J connectivity index is 0.000000861. The first-order valence-corrected chi connectivity index (χ1v) is 13.2. The smallest absolute Gasteiger partial charge is 0.0339 e. The van der Waals surface area contributed by atoms with Crippen LogP contribution in [0.5, 0.6) is 0 Å². The van der Waals surface area contributed by atoms with Gasteiger partial charge < -0.3 is 0 Å². The molecule has 0 aromatic heterocycles. The predicted octanol–water partition coefficient (Wildman–Crippen LogP) is 10.1. The minimum atomic E-state index is 0.221. The van der Waals surface area contributed by atoms with Gasteiger partial charge in [0.15, 0.2) is 0 Å². The maximum Gasteiger partial charge on any atom is 0.0339 e. The molecule has 0 bridgehead atoms. The van der Waals surface area contributed by atoms with Crippen LogP contribution in [0, 0.1) is 0 Å². The Morgan fingerprint density at radius 2 is 0.417 bits per heavy atom. The van der Waals surface area contributed by atoms with Gasteiger partial charge in [0.25, 0.3) is 0 Å². The van der Waals surface area contributed by atoms with E-state index in [9.17, 15) is 0 Å². The lowest BCUT2D eigenvalue weighted by molar-refractivity contribution is 0.951. The second-order valence-electron chi connectivity index (χ2n) is 8.18. The van der Waals surface area contributed by atoms with E-state index in [1.54, 1.807) is 0 Å². The second kappa shape index (κ2) is 14.5. The predicted molar refractivity (Wildman–Crippen MR) is 157 cm³/mol. The van der Waals surface area contributed by atoms with Crippen molar-refractivity contribution < 1.29 is 0 Å². The third-order valence-corrected chi connectivity index (χ3v) is 6.13. The minimum absolute atomic E-state index is 0.221. The van der Waals surface area contributed by atoms with Gasteiger partial charge in [0.1, 0.15) is 0 Å². The lowest BCUT2D eigenvalue weighted by Gasteiger charge is -2.22. The van der Waals surface area contributed by atoms with Crippen LogP contribution in [-0.4, -0.2) is 0 Å².